The summed E-state index contributed by atoms with van der Waals surface area (Å²) in [5.41, 5.74) is 0.350. The molecule has 0 radical (unpaired) electrons. The summed E-state index contributed by atoms with van der Waals surface area (Å²) in [5.74, 6) is 0. The standard InChI is InChI=1S/C14H30N2O/c1-5-8-13-11-16(9-10-17-4)14(6-2,7-3)12-15-13/h13,15H,5-12H2,1-4H3. The van der Waals surface area contributed by atoms with Crippen LogP contribution in [0.3, 0.4) is 0 Å². The zero-order chi connectivity index (χ0) is 12.7. The fourth-order valence-corrected chi connectivity index (χ4v) is 2.99. The first kappa shape index (κ1) is 14.9. The van der Waals surface area contributed by atoms with Crippen LogP contribution in [0, 0.1) is 0 Å². The molecule has 0 aromatic heterocycles. The van der Waals surface area contributed by atoms with Crippen molar-refractivity contribution in [2.45, 2.75) is 58.0 Å². The summed E-state index contributed by atoms with van der Waals surface area (Å²) in [6.07, 6.45) is 4.99. The summed E-state index contributed by atoms with van der Waals surface area (Å²) in [4.78, 5) is 2.66. The third-order valence-electron chi connectivity index (χ3n) is 4.35. The van der Waals surface area contributed by atoms with Crippen molar-refractivity contribution >= 4 is 0 Å². The smallest absolute Gasteiger partial charge is 0.0589 e. The SMILES string of the molecule is CCCC1CN(CCOC)C(CC)(CC)CN1. The van der Waals surface area contributed by atoms with Crippen molar-refractivity contribution in [1.82, 2.24) is 10.2 Å². The molecule has 0 spiro atoms. The molecule has 0 saturated carbocycles. The van der Waals surface area contributed by atoms with E-state index in [4.69, 9.17) is 4.74 Å². The first-order chi connectivity index (χ1) is 8.22. The molecule has 1 aliphatic rings. The van der Waals surface area contributed by atoms with Crippen LogP contribution in [0.4, 0.5) is 0 Å². The Hall–Kier alpha value is -0.120. The Morgan fingerprint density at radius 3 is 2.53 bits per heavy atom. The highest BCUT2D eigenvalue weighted by Gasteiger charge is 2.38. The maximum atomic E-state index is 5.26. The van der Waals surface area contributed by atoms with Crippen molar-refractivity contribution in [3.05, 3.63) is 0 Å². The number of hydrogen-bond acceptors (Lipinski definition) is 3. The maximum absolute atomic E-state index is 5.26. The van der Waals surface area contributed by atoms with E-state index in [-0.39, 0.29) is 0 Å². The molecular formula is C14H30N2O. The second-order valence-electron chi connectivity index (χ2n) is 5.24. The van der Waals surface area contributed by atoms with Crippen LogP contribution in [0.15, 0.2) is 0 Å². The average molecular weight is 242 g/mol. The van der Waals surface area contributed by atoms with E-state index in [1.54, 1.807) is 7.11 Å². The van der Waals surface area contributed by atoms with Gasteiger partial charge in [0.05, 0.1) is 6.61 Å². The Bertz CT molecular complexity index is 204. The number of methoxy groups -OCH3 is 1. The highest BCUT2D eigenvalue weighted by Crippen LogP contribution is 2.27. The summed E-state index contributed by atoms with van der Waals surface area (Å²) < 4.78 is 5.26. The van der Waals surface area contributed by atoms with Crippen LogP contribution in [0.1, 0.15) is 46.5 Å². The monoisotopic (exact) mass is 242 g/mol. The fraction of sp³-hybridized carbons (Fsp3) is 1.00. The van der Waals surface area contributed by atoms with Crippen LogP contribution < -0.4 is 5.32 Å². The van der Waals surface area contributed by atoms with E-state index in [0.717, 1.165) is 19.7 Å². The normalized spacial score (nSPS) is 25.1. The highest BCUT2D eigenvalue weighted by atomic mass is 16.5. The largest absolute Gasteiger partial charge is 0.383 e. The molecule has 1 aliphatic heterocycles. The first-order valence-corrected chi connectivity index (χ1v) is 7.19. The number of ether oxygens (including phenoxy) is 1. The number of rotatable bonds is 7. The number of nitrogens with zero attached hydrogens (tertiary/aromatic N) is 1. The minimum atomic E-state index is 0.350. The molecule has 17 heavy (non-hydrogen) atoms. The molecule has 1 rings (SSSR count). The minimum Gasteiger partial charge on any atom is -0.383 e. The van der Waals surface area contributed by atoms with Gasteiger partial charge in [0.15, 0.2) is 0 Å². The topological polar surface area (TPSA) is 24.5 Å². The fourth-order valence-electron chi connectivity index (χ4n) is 2.99. The second kappa shape index (κ2) is 7.34. The molecule has 102 valence electrons. The summed E-state index contributed by atoms with van der Waals surface area (Å²) in [6.45, 7) is 11.1. The van der Waals surface area contributed by atoms with Gasteiger partial charge in [-0.2, -0.15) is 0 Å². The Morgan fingerprint density at radius 2 is 2.00 bits per heavy atom. The number of nitrogens with one attached hydrogen (secondary N) is 1. The van der Waals surface area contributed by atoms with Gasteiger partial charge in [0.2, 0.25) is 0 Å². The van der Waals surface area contributed by atoms with E-state index in [1.165, 1.54) is 32.2 Å². The molecule has 1 atom stereocenters. The quantitative estimate of drug-likeness (QED) is 0.741. The van der Waals surface area contributed by atoms with Crippen molar-refractivity contribution in [3.63, 3.8) is 0 Å². The molecule has 3 nitrogen and oxygen atoms in total. The van der Waals surface area contributed by atoms with Crippen molar-refractivity contribution in [3.8, 4) is 0 Å². The lowest BCUT2D eigenvalue weighted by Gasteiger charge is -2.49. The van der Waals surface area contributed by atoms with Gasteiger partial charge in [0.1, 0.15) is 0 Å². The average Bonchev–Trinajstić information content (AvgIpc) is 2.37. The summed E-state index contributed by atoms with van der Waals surface area (Å²) in [6, 6.07) is 0.670. The molecule has 1 saturated heterocycles. The maximum Gasteiger partial charge on any atom is 0.0589 e. The van der Waals surface area contributed by atoms with Crippen molar-refractivity contribution in [2.24, 2.45) is 0 Å². The van der Waals surface area contributed by atoms with Crippen molar-refractivity contribution in [2.75, 3.05) is 33.4 Å². The van der Waals surface area contributed by atoms with E-state index in [0.29, 0.717) is 11.6 Å². The summed E-state index contributed by atoms with van der Waals surface area (Å²) in [7, 11) is 1.80. The number of piperazine rings is 1. The van der Waals surface area contributed by atoms with Crippen molar-refractivity contribution < 1.29 is 4.74 Å². The lowest BCUT2D eigenvalue weighted by atomic mass is 9.86. The van der Waals surface area contributed by atoms with Crippen LogP contribution in [-0.2, 0) is 4.74 Å². The molecule has 1 unspecified atom stereocenters. The van der Waals surface area contributed by atoms with Gasteiger partial charge in [-0.25, -0.2) is 0 Å². The van der Waals surface area contributed by atoms with Crippen LogP contribution in [0.25, 0.3) is 0 Å². The molecule has 0 amide bonds. The molecule has 0 aromatic carbocycles. The van der Waals surface area contributed by atoms with Crippen LogP contribution >= 0.6 is 0 Å². The van der Waals surface area contributed by atoms with E-state index in [2.05, 4.69) is 31.0 Å². The molecule has 1 fully saturated rings. The van der Waals surface area contributed by atoms with Crippen molar-refractivity contribution in [1.29, 1.82) is 0 Å². The van der Waals surface area contributed by atoms with Gasteiger partial charge in [0, 0.05) is 38.3 Å². The van der Waals surface area contributed by atoms with Gasteiger partial charge in [-0.3, -0.25) is 4.90 Å². The zero-order valence-electron chi connectivity index (χ0n) is 12.1. The lowest BCUT2D eigenvalue weighted by molar-refractivity contribution is 0.0110. The van der Waals surface area contributed by atoms with E-state index >= 15 is 0 Å². The van der Waals surface area contributed by atoms with Crippen LogP contribution in [-0.4, -0.2) is 49.8 Å². The zero-order valence-corrected chi connectivity index (χ0v) is 12.1. The van der Waals surface area contributed by atoms with Crippen LogP contribution in [0.2, 0.25) is 0 Å². The van der Waals surface area contributed by atoms with E-state index in [9.17, 15) is 0 Å². The predicted molar refractivity (Wildman–Crippen MR) is 73.5 cm³/mol. The minimum absolute atomic E-state index is 0.350. The highest BCUT2D eigenvalue weighted by molar-refractivity contribution is 4.97. The van der Waals surface area contributed by atoms with Gasteiger partial charge in [-0.15, -0.1) is 0 Å². The van der Waals surface area contributed by atoms with Gasteiger partial charge >= 0.3 is 0 Å². The predicted octanol–water partition coefficient (Wildman–Crippen LogP) is 2.27. The molecular weight excluding hydrogens is 212 g/mol. The van der Waals surface area contributed by atoms with E-state index in [1.807, 2.05) is 0 Å². The van der Waals surface area contributed by atoms with Gasteiger partial charge in [-0.05, 0) is 19.3 Å². The summed E-state index contributed by atoms with van der Waals surface area (Å²) in [5, 5.41) is 3.74. The molecule has 3 heteroatoms. The van der Waals surface area contributed by atoms with Crippen LogP contribution in [0.5, 0.6) is 0 Å². The molecule has 0 aromatic rings. The molecule has 1 heterocycles. The Kier molecular flexibility index (Phi) is 6.45. The second-order valence-corrected chi connectivity index (χ2v) is 5.24. The van der Waals surface area contributed by atoms with E-state index < -0.39 is 0 Å². The molecule has 0 aliphatic carbocycles. The number of hydrogen-bond donors (Lipinski definition) is 1. The van der Waals surface area contributed by atoms with Gasteiger partial charge < -0.3 is 10.1 Å². The first-order valence-electron chi connectivity index (χ1n) is 7.19. The summed E-state index contributed by atoms with van der Waals surface area (Å²) >= 11 is 0. The van der Waals surface area contributed by atoms with Gasteiger partial charge in [0.25, 0.3) is 0 Å². The lowest BCUT2D eigenvalue weighted by Crippen LogP contribution is -2.64. The third-order valence-corrected chi connectivity index (χ3v) is 4.35. The Labute approximate surface area is 107 Å². The third kappa shape index (κ3) is 3.67. The molecule has 0 bridgehead atoms. The Morgan fingerprint density at radius 1 is 1.29 bits per heavy atom. The Balaban J connectivity index is 2.64. The molecule has 1 N–H and O–H groups in total. The van der Waals surface area contributed by atoms with Gasteiger partial charge in [-0.1, -0.05) is 27.2 Å².